The van der Waals surface area contributed by atoms with Crippen molar-refractivity contribution in [2.75, 3.05) is 13.2 Å². The molecule has 0 bridgehead atoms. The Morgan fingerprint density at radius 1 is 0.288 bits per heavy atom. The van der Waals surface area contributed by atoms with Gasteiger partial charge in [0.15, 0.2) is 6.10 Å². The predicted octanol–water partition coefficient (Wildman–Crippen LogP) is 20.9. The van der Waals surface area contributed by atoms with E-state index < -0.39 is 6.10 Å². The Kier molecular flexibility index (Phi) is 57.8. The highest BCUT2D eigenvalue weighted by atomic mass is 16.6. The molecular weight excluding hydrogens is 901 g/mol. The molecule has 418 valence electrons. The number of esters is 3. The van der Waals surface area contributed by atoms with Gasteiger partial charge in [-0.05, 0) is 103 Å². The van der Waals surface area contributed by atoms with E-state index in [1.165, 1.54) is 154 Å². The van der Waals surface area contributed by atoms with Crippen LogP contribution in [0.25, 0.3) is 0 Å². The second kappa shape index (κ2) is 60.9. The Morgan fingerprint density at radius 2 is 0.562 bits per heavy atom. The molecule has 0 N–H and O–H groups in total. The molecular formula is C67H114O6. The minimum atomic E-state index is -0.813. The molecule has 0 saturated heterocycles. The van der Waals surface area contributed by atoms with Crippen LogP contribution in [0.15, 0.2) is 97.2 Å². The largest absolute Gasteiger partial charge is 0.462 e. The maximum Gasteiger partial charge on any atom is 0.306 e. The highest BCUT2D eigenvalue weighted by Crippen LogP contribution is 2.16. The third-order valence-corrected chi connectivity index (χ3v) is 13.1. The van der Waals surface area contributed by atoms with Crippen LogP contribution in [0.5, 0.6) is 0 Å². The van der Waals surface area contributed by atoms with Crippen LogP contribution in [0.2, 0.25) is 0 Å². The zero-order valence-corrected chi connectivity index (χ0v) is 47.9. The maximum absolute atomic E-state index is 12.9. The molecule has 1 atom stereocenters. The standard InChI is InChI=1S/C67H114O6/c1-4-7-10-13-16-19-22-25-27-29-30-31-32-33-34-35-36-38-39-42-45-48-51-54-57-60-66(69)72-63-64(62-71-65(68)59-56-53-50-47-44-41-24-21-18-15-12-9-6-3)73-67(70)61-58-55-52-49-46-43-40-37-28-26-23-20-17-14-11-8-5-2/h8-9,11-12,17-18,20-21,26,28-30,41,44,50,53,64H,4-7,10,13-16,19,22-25,27,31-40,42-43,45-49,51-52,54-63H2,1-3H3/b11-8-,12-9-,20-17-,21-18-,28-26-,30-29-,44-41-,53-50-. The van der Waals surface area contributed by atoms with Gasteiger partial charge in [-0.2, -0.15) is 0 Å². The molecule has 73 heavy (non-hydrogen) atoms. The van der Waals surface area contributed by atoms with Gasteiger partial charge in [0.05, 0.1) is 0 Å². The van der Waals surface area contributed by atoms with Crippen LogP contribution >= 0.6 is 0 Å². The monoisotopic (exact) mass is 1010 g/mol. The third kappa shape index (κ3) is 59.1. The van der Waals surface area contributed by atoms with Crippen LogP contribution in [-0.4, -0.2) is 37.2 Å². The Balaban J connectivity index is 4.33. The summed E-state index contributed by atoms with van der Waals surface area (Å²) >= 11 is 0. The Morgan fingerprint density at radius 3 is 0.932 bits per heavy atom. The molecule has 0 radical (unpaired) electrons. The molecule has 6 nitrogen and oxygen atoms in total. The summed E-state index contributed by atoms with van der Waals surface area (Å²) in [5.41, 5.74) is 0. The first-order valence-electron chi connectivity index (χ1n) is 30.7. The summed E-state index contributed by atoms with van der Waals surface area (Å²) in [4.78, 5) is 38.2. The average Bonchev–Trinajstić information content (AvgIpc) is 3.39. The average molecular weight is 1020 g/mol. The van der Waals surface area contributed by atoms with Crippen molar-refractivity contribution in [2.24, 2.45) is 0 Å². The molecule has 0 aliphatic carbocycles. The molecule has 1 unspecified atom stereocenters. The number of carbonyl (C=O) groups is 3. The fourth-order valence-electron chi connectivity index (χ4n) is 8.53. The van der Waals surface area contributed by atoms with Crippen molar-refractivity contribution >= 4 is 17.9 Å². The summed E-state index contributed by atoms with van der Waals surface area (Å²) in [6, 6.07) is 0. The van der Waals surface area contributed by atoms with E-state index in [9.17, 15) is 14.4 Å². The Bertz CT molecular complexity index is 1440. The van der Waals surface area contributed by atoms with Crippen LogP contribution in [0.4, 0.5) is 0 Å². The van der Waals surface area contributed by atoms with Gasteiger partial charge in [0, 0.05) is 19.3 Å². The molecule has 6 heteroatoms. The van der Waals surface area contributed by atoms with Crippen molar-refractivity contribution in [3.63, 3.8) is 0 Å². The fourth-order valence-corrected chi connectivity index (χ4v) is 8.53. The molecule has 0 rings (SSSR count). The van der Waals surface area contributed by atoms with Gasteiger partial charge in [-0.25, -0.2) is 0 Å². The van der Waals surface area contributed by atoms with Gasteiger partial charge < -0.3 is 14.2 Å². The summed E-state index contributed by atoms with van der Waals surface area (Å²) < 4.78 is 16.8. The molecule has 0 aliphatic heterocycles. The van der Waals surface area contributed by atoms with E-state index in [0.717, 1.165) is 89.9 Å². The van der Waals surface area contributed by atoms with E-state index in [0.29, 0.717) is 19.3 Å². The van der Waals surface area contributed by atoms with Gasteiger partial charge >= 0.3 is 17.9 Å². The van der Waals surface area contributed by atoms with Crippen molar-refractivity contribution < 1.29 is 28.6 Å². The Hall–Kier alpha value is -3.67. The van der Waals surface area contributed by atoms with Crippen molar-refractivity contribution in [2.45, 2.75) is 297 Å². The van der Waals surface area contributed by atoms with Gasteiger partial charge in [0.2, 0.25) is 0 Å². The van der Waals surface area contributed by atoms with Crippen molar-refractivity contribution in [3.8, 4) is 0 Å². The number of allylic oxidation sites excluding steroid dienone is 16. The summed E-state index contributed by atoms with van der Waals surface area (Å²) in [6.45, 7) is 6.36. The predicted molar refractivity (Wildman–Crippen MR) is 316 cm³/mol. The number of ether oxygens (including phenoxy) is 3. The van der Waals surface area contributed by atoms with E-state index in [1.807, 2.05) is 6.08 Å². The van der Waals surface area contributed by atoms with Crippen LogP contribution in [-0.2, 0) is 28.6 Å². The topological polar surface area (TPSA) is 78.9 Å². The zero-order chi connectivity index (χ0) is 52.9. The summed E-state index contributed by atoms with van der Waals surface area (Å²) in [7, 11) is 0. The zero-order valence-electron chi connectivity index (χ0n) is 47.9. The summed E-state index contributed by atoms with van der Waals surface area (Å²) in [5.74, 6) is -0.993. The van der Waals surface area contributed by atoms with Gasteiger partial charge in [-0.3, -0.25) is 14.4 Å². The lowest BCUT2D eigenvalue weighted by Gasteiger charge is -2.18. The fraction of sp³-hybridized carbons (Fsp3) is 0.716. The molecule has 0 aromatic heterocycles. The lowest BCUT2D eigenvalue weighted by molar-refractivity contribution is -0.166. The van der Waals surface area contributed by atoms with Gasteiger partial charge in [-0.15, -0.1) is 0 Å². The SMILES string of the molecule is CC/C=C\C/C=C\C/C=C\C/C=C\CCC(=O)OCC(COC(=O)CCCCCCCCCCCCCCC/C=C\CCCCCCCCCC)OC(=O)CCCCCCCCC/C=C\C/C=C\C/C=C\CC. The van der Waals surface area contributed by atoms with E-state index in [4.69, 9.17) is 14.2 Å². The second-order valence-corrected chi connectivity index (χ2v) is 20.2. The van der Waals surface area contributed by atoms with Crippen LogP contribution in [0, 0.1) is 0 Å². The third-order valence-electron chi connectivity index (χ3n) is 13.1. The smallest absolute Gasteiger partial charge is 0.306 e. The van der Waals surface area contributed by atoms with Gasteiger partial charge in [0.1, 0.15) is 13.2 Å². The van der Waals surface area contributed by atoms with Crippen LogP contribution in [0.3, 0.4) is 0 Å². The highest BCUT2D eigenvalue weighted by Gasteiger charge is 2.19. The molecule has 0 saturated carbocycles. The van der Waals surface area contributed by atoms with Crippen LogP contribution < -0.4 is 0 Å². The van der Waals surface area contributed by atoms with E-state index in [2.05, 4.69) is 112 Å². The lowest BCUT2D eigenvalue weighted by Crippen LogP contribution is -2.30. The number of hydrogen-bond acceptors (Lipinski definition) is 6. The first-order chi connectivity index (χ1) is 36.0. The number of rotatable bonds is 55. The van der Waals surface area contributed by atoms with E-state index in [1.54, 1.807) is 0 Å². The number of unbranched alkanes of at least 4 members (excludes halogenated alkanes) is 28. The van der Waals surface area contributed by atoms with Crippen molar-refractivity contribution in [3.05, 3.63) is 97.2 Å². The van der Waals surface area contributed by atoms with Gasteiger partial charge in [0.25, 0.3) is 0 Å². The second-order valence-electron chi connectivity index (χ2n) is 20.2. The Labute approximate surface area is 451 Å². The minimum Gasteiger partial charge on any atom is -0.462 e. The summed E-state index contributed by atoms with van der Waals surface area (Å²) in [6.07, 6.45) is 81.5. The molecule has 0 spiro atoms. The molecule has 0 aromatic carbocycles. The summed E-state index contributed by atoms with van der Waals surface area (Å²) in [5, 5.41) is 0. The minimum absolute atomic E-state index is 0.103. The molecule has 0 amide bonds. The molecule has 0 heterocycles. The number of carbonyl (C=O) groups excluding carboxylic acids is 3. The van der Waals surface area contributed by atoms with E-state index >= 15 is 0 Å². The number of hydrogen-bond donors (Lipinski definition) is 0. The lowest BCUT2D eigenvalue weighted by atomic mass is 10.0. The van der Waals surface area contributed by atoms with Crippen molar-refractivity contribution in [1.29, 1.82) is 0 Å². The van der Waals surface area contributed by atoms with Crippen molar-refractivity contribution in [1.82, 2.24) is 0 Å². The van der Waals surface area contributed by atoms with Gasteiger partial charge in [-0.1, -0.05) is 266 Å². The molecule has 0 fully saturated rings. The highest BCUT2D eigenvalue weighted by molar-refractivity contribution is 5.71. The first kappa shape index (κ1) is 69.3. The molecule has 0 aromatic rings. The van der Waals surface area contributed by atoms with Crippen LogP contribution in [0.1, 0.15) is 290 Å². The quantitative estimate of drug-likeness (QED) is 0.0261. The maximum atomic E-state index is 12.9. The molecule has 0 aliphatic rings. The normalized spacial score (nSPS) is 12.8. The first-order valence-corrected chi connectivity index (χ1v) is 30.7. The van der Waals surface area contributed by atoms with E-state index in [-0.39, 0.29) is 37.5 Å².